The van der Waals surface area contributed by atoms with Crippen LogP contribution in [0.5, 0.6) is 11.5 Å². The van der Waals surface area contributed by atoms with Gasteiger partial charge in [-0.3, -0.25) is 4.79 Å². The molecule has 1 aliphatic rings. The van der Waals surface area contributed by atoms with Crippen LogP contribution < -0.4 is 15.2 Å². The van der Waals surface area contributed by atoms with E-state index in [1.165, 1.54) is 0 Å². The van der Waals surface area contributed by atoms with Crippen molar-refractivity contribution in [1.82, 2.24) is 10.2 Å². The molecule has 7 nitrogen and oxygen atoms in total. The number of hydrogen-bond donors (Lipinski definition) is 1. The minimum absolute atomic E-state index is 0.241. The first-order valence-corrected chi connectivity index (χ1v) is 7.16. The number of nitrogens with zero attached hydrogens (tertiary/aromatic N) is 2. The molecular weight excluding hydrogens is 294 g/mol. The summed E-state index contributed by atoms with van der Waals surface area (Å²) in [5.74, 6) is 1.49. The van der Waals surface area contributed by atoms with Crippen LogP contribution in [0.1, 0.15) is 18.4 Å². The molecule has 8 heteroatoms. The number of hydrogen-bond acceptors (Lipinski definition) is 7. The summed E-state index contributed by atoms with van der Waals surface area (Å²) < 4.78 is 16.1. The van der Waals surface area contributed by atoms with E-state index in [1.807, 2.05) is 18.2 Å². The van der Waals surface area contributed by atoms with Gasteiger partial charge in [-0.25, -0.2) is 0 Å². The molecule has 0 aliphatic carbocycles. The smallest absolute Gasteiger partial charge is 0.277 e. The van der Waals surface area contributed by atoms with Crippen LogP contribution in [0.3, 0.4) is 0 Å². The molecule has 21 heavy (non-hydrogen) atoms. The van der Waals surface area contributed by atoms with Crippen LogP contribution >= 0.6 is 11.8 Å². The van der Waals surface area contributed by atoms with E-state index in [2.05, 4.69) is 10.2 Å². The Hall–Kier alpha value is -2.22. The summed E-state index contributed by atoms with van der Waals surface area (Å²) in [6.07, 6.45) is 0.481. The molecule has 0 saturated carbocycles. The minimum atomic E-state index is -0.421. The molecule has 1 aromatic carbocycles. The zero-order valence-corrected chi connectivity index (χ0v) is 12.1. The zero-order chi connectivity index (χ0) is 14.8. The number of amides is 1. The Morgan fingerprint density at radius 3 is 3.00 bits per heavy atom. The maximum atomic E-state index is 11.0. The number of primary amides is 1. The maximum absolute atomic E-state index is 11.0. The van der Waals surface area contributed by atoms with E-state index < -0.39 is 11.2 Å². The van der Waals surface area contributed by atoms with Crippen molar-refractivity contribution in [2.45, 2.75) is 23.8 Å². The van der Waals surface area contributed by atoms with Crippen LogP contribution in [-0.2, 0) is 11.2 Å². The molecule has 0 radical (unpaired) electrons. The summed E-state index contributed by atoms with van der Waals surface area (Å²) in [4.78, 5) is 11.0. The van der Waals surface area contributed by atoms with Crippen molar-refractivity contribution in [3.8, 4) is 11.5 Å². The first-order valence-electron chi connectivity index (χ1n) is 6.28. The van der Waals surface area contributed by atoms with E-state index in [4.69, 9.17) is 19.6 Å². The van der Waals surface area contributed by atoms with Gasteiger partial charge in [0.25, 0.3) is 5.22 Å². The lowest BCUT2D eigenvalue weighted by Gasteiger charge is -2.01. The van der Waals surface area contributed by atoms with Gasteiger partial charge in [0, 0.05) is 0 Å². The van der Waals surface area contributed by atoms with Crippen LogP contribution in [0.25, 0.3) is 0 Å². The first kappa shape index (κ1) is 13.7. The molecule has 1 amide bonds. The summed E-state index contributed by atoms with van der Waals surface area (Å²) in [7, 11) is 0. The third kappa shape index (κ3) is 3.10. The van der Waals surface area contributed by atoms with Gasteiger partial charge in [0.2, 0.25) is 18.6 Å². The highest BCUT2D eigenvalue weighted by Gasteiger charge is 2.17. The van der Waals surface area contributed by atoms with Crippen molar-refractivity contribution >= 4 is 17.7 Å². The maximum Gasteiger partial charge on any atom is 0.277 e. The SMILES string of the molecule is C[C@@H](Sc1nnc(Cc2ccc3c(c2)OCO3)o1)C(N)=O. The lowest BCUT2D eigenvalue weighted by Crippen LogP contribution is -2.22. The van der Waals surface area contributed by atoms with Gasteiger partial charge in [-0.1, -0.05) is 17.8 Å². The monoisotopic (exact) mass is 307 g/mol. The van der Waals surface area contributed by atoms with Crippen molar-refractivity contribution in [2.24, 2.45) is 5.73 Å². The lowest BCUT2D eigenvalue weighted by molar-refractivity contribution is -0.117. The van der Waals surface area contributed by atoms with Crippen LogP contribution in [0.4, 0.5) is 0 Å². The predicted octanol–water partition coefficient (Wildman–Crippen LogP) is 1.35. The summed E-state index contributed by atoms with van der Waals surface area (Å²) in [5.41, 5.74) is 6.17. The molecule has 2 N–H and O–H groups in total. The van der Waals surface area contributed by atoms with Crippen LogP contribution in [0, 0.1) is 0 Å². The third-order valence-corrected chi connectivity index (χ3v) is 3.87. The lowest BCUT2D eigenvalue weighted by atomic mass is 10.1. The fourth-order valence-corrected chi connectivity index (χ4v) is 2.44. The van der Waals surface area contributed by atoms with Gasteiger partial charge in [-0.15, -0.1) is 10.2 Å². The molecule has 0 bridgehead atoms. The van der Waals surface area contributed by atoms with Gasteiger partial charge in [-0.2, -0.15) is 0 Å². The molecule has 0 fully saturated rings. The standard InChI is InChI=1S/C13H13N3O4S/c1-7(12(14)17)21-13-16-15-11(20-13)5-8-2-3-9-10(4-8)19-6-18-9/h2-4,7H,5-6H2,1H3,(H2,14,17)/t7-/m1/s1. The largest absolute Gasteiger partial charge is 0.454 e. The van der Waals surface area contributed by atoms with Gasteiger partial charge in [0.05, 0.1) is 11.7 Å². The highest BCUT2D eigenvalue weighted by molar-refractivity contribution is 8.00. The second-order valence-corrected chi connectivity index (χ2v) is 5.78. The Morgan fingerprint density at radius 1 is 1.38 bits per heavy atom. The molecule has 2 aromatic rings. The Bertz CT molecular complexity index is 673. The average Bonchev–Trinajstić information content (AvgIpc) is 3.07. The molecule has 0 unspecified atom stereocenters. The molecule has 0 saturated heterocycles. The second kappa shape index (κ2) is 5.65. The van der Waals surface area contributed by atoms with Crippen LogP contribution in [-0.4, -0.2) is 28.1 Å². The molecule has 1 aromatic heterocycles. The predicted molar refractivity (Wildman–Crippen MR) is 74.2 cm³/mol. The van der Waals surface area contributed by atoms with Gasteiger partial charge < -0.3 is 19.6 Å². The van der Waals surface area contributed by atoms with Crippen molar-refractivity contribution < 1.29 is 18.7 Å². The van der Waals surface area contributed by atoms with E-state index in [-0.39, 0.29) is 6.79 Å². The summed E-state index contributed by atoms with van der Waals surface area (Å²) in [6, 6.07) is 5.64. The van der Waals surface area contributed by atoms with Crippen molar-refractivity contribution in [3.63, 3.8) is 0 Å². The number of aromatic nitrogens is 2. The number of carbonyl (C=O) groups excluding carboxylic acids is 1. The van der Waals surface area contributed by atoms with E-state index in [1.54, 1.807) is 6.92 Å². The van der Waals surface area contributed by atoms with Crippen LogP contribution in [0.2, 0.25) is 0 Å². The van der Waals surface area contributed by atoms with Crippen LogP contribution in [0.15, 0.2) is 27.8 Å². The first-order chi connectivity index (χ1) is 10.1. The van der Waals surface area contributed by atoms with E-state index in [9.17, 15) is 4.79 Å². The van der Waals surface area contributed by atoms with E-state index in [0.717, 1.165) is 23.1 Å². The Kier molecular flexibility index (Phi) is 3.70. The molecule has 1 aliphatic heterocycles. The molecule has 0 spiro atoms. The zero-order valence-electron chi connectivity index (χ0n) is 11.2. The van der Waals surface area contributed by atoms with Gasteiger partial charge in [0.15, 0.2) is 11.5 Å². The number of ether oxygens (including phenoxy) is 2. The quantitative estimate of drug-likeness (QED) is 0.832. The number of thioether (sulfide) groups is 1. The highest BCUT2D eigenvalue weighted by Crippen LogP contribution is 2.33. The van der Waals surface area contributed by atoms with E-state index in [0.29, 0.717) is 23.3 Å². The topological polar surface area (TPSA) is 100 Å². The number of rotatable bonds is 5. The fraction of sp³-hybridized carbons (Fsp3) is 0.308. The molecule has 1 atom stereocenters. The summed E-state index contributed by atoms with van der Waals surface area (Å²) in [5, 5.41) is 7.76. The number of fused-ring (bicyclic) bond motifs is 1. The van der Waals surface area contributed by atoms with Gasteiger partial charge >= 0.3 is 0 Å². The third-order valence-electron chi connectivity index (χ3n) is 2.92. The molecule has 3 rings (SSSR count). The molecule has 110 valence electrons. The van der Waals surface area contributed by atoms with Gasteiger partial charge in [0.1, 0.15) is 0 Å². The number of benzene rings is 1. The number of nitrogens with two attached hydrogens (primary N) is 1. The summed E-state index contributed by atoms with van der Waals surface area (Å²) in [6.45, 7) is 1.93. The number of carbonyl (C=O) groups is 1. The van der Waals surface area contributed by atoms with Gasteiger partial charge in [-0.05, 0) is 24.6 Å². The summed E-state index contributed by atoms with van der Waals surface area (Å²) >= 11 is 1.14. The fourth-order valence-electron chi connectivity index (χ4n) is 1.79. The Balaban J connectivity index is 1.68. The molecule has 2 heterocycles. The average molecular weight is 307 g/mol. The van der Waals surface area contributed by atoms with Crippen molar-refractivity contribution in [3.05, 3.63) is 29.7 Å². The van der Waals surface area contributed by atoms with Crippen molar-refractivity contribution in [1.29, 1.82) is 0 Å². The van der Waals surface area contributed by atoms with E-state index >= 15 is 0 Å². The Labute approximate surface area is 124 Å². The second-order valence-electron chi connectivity index (χ2n) is 4.49. The Morgan fingerprint density at radius 2 is 2.19 bits per heavy atom. The highest BCUT2D eigenvalue weighted by atomic mass is 32.2. The minimum Gasteiger partial charge on any atom is -0.454 e. The normalized spacial score (nSPS) is 14.1. The molecular formula is C13H13N3O4S. The van der Waals surface area contributed by atoms with Crippen molar-refractivity contribution in [2.75, 3.05) is 6.79 Å².